The van der Waals surface area contributed by atoms with E-state index < -0.39 is 5.41 Å². The van der Waals surface area contributed by atoms with Crippen LogP contribution < -0.4 is 4.90 Å². The smallest absolute Gasteiger partial charge is 0.169 e. The molecule has 4 rings (SSSR count). The van der Waals surface area contributed by atoms with Crippen LogP contribution in [0.3, 0.4) is 0 Å². The first-order chi connectivity index (χ1) is 11.8. The Morgan fingerprint density at radius 3 is 2.50 bits per heavy atom. The number of para-hydroxylation sites is 1. The summed E-state index contributed by atoms with van der Waals surface area (Å²) in [5.41, 5.74) is 1.44. The van der Waals surface area contributed by atoms with Gasteiger partial charge >= 0.3 is 0 Å². The Hall–Kier alpha value is -2.04. The molecule has 4 heteroatoms. The van der Waals surface area contributed by atoms with Crippen molar-refractivity contribution in [2.45, 2.75) is 50.6 Å². The highest BCUT2D eigenvalue weighted by Crippen LogP contribution is 2.43. The first-order valence-electron chi connectivity index (χ1n) is 9.18. The number of rotatable bonds is 1. The second-order valence-corrected chi connectivity index (χ2v) is 7.50. The van der Waals surface area contributed by atoms with Gasteiger partial charge in [0.1, 0.15) is 0 Å². The van der Waals surface area contributed by atoms with Gasteiger partial charge in [0.05, 0.1) is 18.2 Å². The van der Waals surface area contributed by atoms with E-state index >= 15 is 0 Å². The standard InChI is InChI=1S/C20H24N4/c21-14-20(15-22)12-16-6-4-5-9-18(16)24-11-10-23(13-19(20)24)17-7-2-1-3-8-17/h4-6,9,17,19H,1-3,7-8,10-13H2. The third-order valence-corrected chi connectivity index (χ3v) is 6.24. The summed E-state index contributed by atoms with van der Waals surface area (Å²) in [6.07, 6.45) is 7.09. The van der Waals surface area contributed by atoms with E-state index in [-0.39, 0.29) is 6.04 Å². The van der Waals surface area contributed by atoms with Crippen LogP contribution in [0.2, 0.25) is 0 Å². The molecule has 1 atom stereocenters. The third kappa shape index (κ3) is 2.38. The Bertz CT molecular complexity index is 678. The Balaban J connectivity index is 1.67. The minimum Gasteiger partial charge on any atom is -0.363 e. The van der Waals surface area contributed by atoms with E-state index in [1.807, 2.05) is 6.07 Å². The molecular formula is C20H24N4. The lowest BCUT2D eigenvalue weighted by Gasteiger charge is -2.52. The van der Waals surface area contributed by atoms with E-state index in [2.05, 4.69) is 40.1 Å². The van der Waals surface area contributed by atoms with Gasteiger partial charge < -0.3 is 4.90 Å². The first kappa shape index (κ1) is 15.5. The molecule has 1 aromatic rings. The molecule has 2 heterocycles. The van der Waals surface area contributed by atoms with Crippen LogP contribution in [0.25, 0.3) is 0 Å². The highest BCUT2D eigenvalue weighted by molar-refractivity contribution is 5.60. The van der Waals surface area contributed by atoms with Crippen molar-refractivity contribution in [3.05, 3.63) is 29.8 Å². The number of benzene rings is 1. The molecule has 1 saturated carbocycles. The Morgan fingerprint density at radius 1 is 1.00 bits per heavy atom. The van der Waals surface area contributed by atoms with Crippen LogP contribution in [0.4, 0.5) is 5.69 Å². The van der Waals surface area contributed by atoms with Crippen LogP contribution in [-0.2, 0) is 6.42 Å². The molecule has 124 valence electrons. The zero-order valence-electron chi connectivity index (χ0n) is 14.1. The summed E-state index contributed by atoms with van der Waals surface area (Å²) >= 11 is 0. The van der Waals surface area contributed by atoms with Crippen molar-refractivity contribution in [2.24, 2.45) is 5.41 Å². The summed E-state index contributed by atoms with van der Waals surface area (Å²) < 4.78 is 0. The van der Waals surface area contributed by atoms with Crippen LogP contribution in [0.15, 0.2) is 24.3 Å². The van der Waals surface area contributed by atoms with Gasteiger partial charge in [-0.3, -0.25) is 4.90 Å². The van der Waals surface area contributed by atoms with Gasteiger partial charge in [-0.05, 0) is 24.5 Å². The van der Waals surface area contributed by atoms with Gasteiger partial charge in [-0.15, -0.1) is 0 Å². The molecule has 1 saturated heterocycles. The lowest BCUT2D eigenvalue weighted by atomic mass is 9.72. The Kier molecular flexibility index (Phi) is 3.94. The van der Waals surface area contributed by atoms with Crippen LogP contribution >= 0.6 is 0 Å². The molecule has 1 unspecified atom stereocenters. The molecule has 2 fully saturated rings. The first-order valence-corrected chi connectivity index (χ1v) is 9.18. The average molecular weight is 320 g/mol. The van der Waals surface area contributed by atoms with Gasteiger partial charge in [-0.25, -0.2) is 0 Å². The molecule has 3 aliphatic rings. The van der Waals surface area contributed by atoms with Gasteiger partial charge in [0.2, 0.25) is 0 Å². The summed E-state index contributed by atoms with van der Waals surface area (Å²) in [6.45, 7) is 2.81. The highest BCUT2D eigenvalue weighted by Gasteiger charge is 2.50. The second-order valence-electron chi connectivity index (χ2n) is 7.50. The predicted octanol–water partition coefficient (Wildman–Crippen LogP) is 3.10. The number of nitriles is 2. The quantitative estimate of drug-likeness (QED) is 0.798. The zero-order valence-corrected chi connectivity index (χ0v) is 14.1. The predicted molar refractivity (Wildman–Crippen MR) is 93.4 cm³/mol. The summed E-state index contributed by atoms with van der Waals surface area (Å²) in [4.78, 5) is 4.91. The fourth-order valence-corrected chi connectivity index (χ4v) is 4.90. The SMILES string of the molecule is N#CC1(C#N)Cc2ccccc2N2CCN(C3CCCCC3)CC21. The Morgan fingerprint density at radius 2 is 1.75 bits per heavy atom. The van der Waals surface area contributed by atoms with Crippen molar-refractivity contribution in [2.75, 3.05) is 24.5 Å². The third-order valence-electron chi connectivity index (χ3n) is 6.24. The van der Waals surface area contributed by atoms with E-state index in [1.54, 1.807) is 0 Å². The number of hydrogen-bond donors (Lipinski definition) is 0. The van der Waals surface area contributed by atoms with Crippen molar-refractivity contribution in [3.8, 4) is 12.1 Å². The topological polar surface area (TPSA) is 54.1 Å². The largest absolute Gasteiger partial charge is 0.363 e. The highest BCUT2D eigenvalue weighted by atomic mass is 15.3. The average Bonchev–Trinajstić information content (AvgIpc) is 2.67. The maximum atomic E-state index is 9.88. The van der Waals surface area contributed by atoms with Crippen molar-refractivity contribution in [1.82, 2.24) is 4.90 Å². The van der Waals surface area contributed by atoms with E-state index in [4.69, 9.17) is 0 Å². The normalized spacial score (nSPS) is 26.8. The summed E-state index contributed by atoms with van der Waals surface area (Å²) in [6, 6.07) is 13.7. The lowest BCUT2D eigenvalue weighted by molar-refractivity contribution is 0.107. The zero-order chi connectivity index (χ0) is 16.6. The van der Waals surface area contributed by atoms with Crippen molar-refractivity contribution in [3.63, 3.8) is 0 Å². The van der Waals surface area contributed by atoms with Gasteiger partial charge in [0.15, 0.2) is 5.41 Å². The van der Waals surface area contributed by atoms with E-state index in [0.29, 0.717) is 12.5 Å². The molecule has 2 aliphatic heterocycles. The molecule has 1 aliphatic carbocycles. The molecular weight excluding hydrogens is 296 g/mol. The van der Waals surface area contributed by atoms with Crippen LogP contribution in [0.5, 0.6) is 0 Å². The number of anilines is 1. The monoisotopic (exact) mass is 320 g/mol. The molecule has 1 aromatic carbocycles. The van der Waals surface area contributed by atoms with Crippen LogP contribution in [-0.4, -0.2) is 36.6 Å². The minimum atomic E-state index is -0.929. The van der Waals surface area contributed by atoms with Gasteiger partial charge in [-0.2, -0.15) is 10.5 Å². The number of nitrogens with zero attached hydrogens (tertiary/aromatic N) is 4. The molecule has 0 bridgehead atoms. The molecule has 0 N–H and O–H groups in total. The van der Waals surface area contributed by atoms with Crippen molar-refractivity contribution >= 4 is 5.69 Å². The summed E-state index contributed by atoms with van der Waals surface area (Å²) in [7, 11) is 0. The van der Waals surface area contributed by atoms with E-state index in [1.165, 1.54) is 37.8 Å². The van der Waals surface area contributed by atoms with Gasteiger partial charge in [0, 0.05) is 37.8 Å². The van der Waals surface area contributed by atoms with Crippen LogP contribution in [0.1, 0.15) is 37.7 Å². The van der Waals surface area contributed by atoms with Crippen molar-refractivity contribution < 1.29 is 0 Å². The maximum absolute atomic E-state index is 9.88. The minimum absolute atomic E-state index is 0.0157. The number of piperazine rings is 1. The van der Waals surface area contributed by atoms with Crippen molar-refractivity contribution in [1.29, 1.82) is 10.5 Å². The molecule has 24 heavy (non-hydrogen) atoms. The molecule has 0 radical (unpaired) electrons. The van der Waals surface area contributed by atoms with Gasteiger partial charge in [0.25, 0.3) is 0 Å². The molecule has 4 nitrogen and oxygen atoms in total. The van der Waals surface area contributed by atoms with E-state index in [0.717, 1.165) is 25.2 Å². The van der Waals surface area contributed by atoms with Gasteiger partial charge in [-0.1, -0.05) is 37.5 Å². The maximum Gasteiger partial charge on any atom is 0.169 e. The summed E-state index contributed by atoms with van der Waals surface area (Å²) in [5.74, 6) is 0. The number of hydrogen-bond acceptors (Lipinski definition) is 4. The molecule has 0 aromatic heterocycles. The molecule has 0 amide bonds. The Labute approximate surface area is 144 Å². The fraction of sp³-hybridized carbons (Fsp3) is 0.600. The number of fused-ring (bicyclic) bond motifs is 3. The lowest BCUT2D eigenvalue weighted by Crippen LogP contribution is -2.63. The second kappa shape index (κ2) is 6.11. The molecule has 0 spiro atoms. The summed E-state index contributed by atoms with van der Waals surface area (Å²) in [5, 5.41) is 19.8. The van der Waals surface area contributed by atoms with Crippen LogP contribution in [0, 0.1) is 28.1 Å². The van der Waals surface area contributed by atoms with E-state index in [9.17, 15) is 10.5 Å². The fourth-order valence-electron chi connectivity index (χ4n) is 4.90.